The highest BCUT2D eigenvalue weighted by molar-refractivity contribution is 5.87. The Bertz CT molecular complexity index is 506. The van der Waals surface area contributed by atoms with Crippen molar-refractivity contribution >= 4 is 5.91 Å². The molecule has 0 bridgehead atoms. The van der Waals surface area contributed by atoms with Crippen LogP contribution in [0.4, 0.5) is 0 Å². The van der Waals surface area contributed by atoms with Crippen LogP contribution in [-0.4, -0.2) is 37.4 Å². The number of hydrogen-bond donors (Lipinski definition) is 2. The third-order valence-electron chi connectivity index (χ3n) is 3.14. The minimum Gasteiger partial charge on any atom is -0.389 e. The molecule has 108 valence electrons. The average molecular weight is 276 g/mol. The number of ether oxygens (including phenoxy) is 1. The Morgan fingerprint density at radius 2 is 2.25 bits per heavy atom. The monoisotopic (exact) mass is 276 g/mol. The molecular weight excluding hydrogens is 256 g/mol. The van der Waals surface area contributed by atoms with E-state index in [-0.39, 0.29) is 19.1 Å². The largest absolute Gasteiger partial charge is 0.389 e. The Hall–Kier alpha value is -1.90. The summed E-state index contributed by atoms with van der Waals surface area (Å²) in [6.45, 7) is 3.86. The van der Waals surface area contributed by atoms with Crippen LogP contribution in [0.5, 0.6) is 0 Å². The fourth-order valence-corrected chi connectivity index (χ4v) is 1.79. The highest BCUT2D eigenvalue weighted by Gasteiger charge is 2.30. The molecule has 1 atom stereocenters. The van der Waals surface area contributed by atoms with Gasteiger partial charge < -0.3 is 15.2 Å². The number of rotatable bonds is 6. The van der Waals surface area contributed by atoms with Gasteiger partial charge >= 0.3 is 0 Å². The van der Waals surface area contributed by atoms with Crippen LogP contribution in [0, 0.1) is 11.3 Å². The lowest BCUT2D eigenvalue weighted by atomic mass is 9.83. The highest BCUT2D eigenvalue weighted by atomic mass is 16.5. The number of nitrogens with one attached hydrogen (secondary N) is 1. The molecule has 1 aromatic carbocycles. The number of nitrogens with zero attached hydrogens (tertiary/aromatic N) is 1. The maximum absolute atomic E-state index is 12.2. The predicted octanol–water partition coefficient (Wildman–Crippen LogP) is 0.959. The van der Waals surface area contributed by atoms with E-state index < -0.39 is 11.5 Å². The van der Waals surface area contributed by atoms with Crippen LogP contribution >= 0.6 is 0 Å². The van der Waals surface area contributed by atoms with E-state index in [2.05, 4.69) is 11.4 Å². The van der Waals surface area contributed by atoms with Gasteiger partial charge in [-0.25, -0.2) is 0 Å². The molecule has 0 fully saturated rings. The number of nitriles is 1. The van der Waals surface area contributed by atoms with Crippen LogP contribution in [0.3, 0.4) is 0 Å². The molecule has 5 nitrogen and oxygen atoms in total. The van der Waals surface area contributed by atoms with Crippen molar-refractivity contribution in [1.82, 2.24) is 5.32 Å². The van der Waals surface area contributed by atoms with E-state index in [1.165, 1.54) is 7.11 Å². The summed E-state index contributed by atoms with van der Waals surface area (Å²) in [5.74, 6) is -0.206. The third-order valence-corrected chi connectivity index (χ3v) is 3.14. The van der Waals surface area contributed by atoms with E-state index in [1.807, 2.05) is 6.07 Å². The lowest BCUT2D eigenvalue weighted by molar-refractivity contribution is -0.126. The van der Waals surface area contributed by atoms with Gasteiger partial charge in [0.25, 0.3) is 0 Å². The van der Waals surface area contributed by atoms with Gasteiger partial charge in [-0.05, 0) is 31.5 Å². The molecule has 2 N–H and O–H groups in total. The van der Waals surface area contributed by atoms with Crippen molar-refractivity contribution in [3.05, 3.63) is 35.4 Å². The molecular formula is C15H20N2O3. The second-order valence-electron chi connectivity index (χ2n) is 5.14. The lowest BCUT2D eigenvalue weighted by Gasteiger charge is -2.25. The first-order chi connectivity index (χ1) is 9.41. The van der Waals surface area contributed by atoms with E-state index in [1.54, 1.807) is 32.0 Å². The van der Waals surface area contributed by atoms with Crippen molar-refractivity contribution in [3.8, 4) is 6.07 Å². The number of benzene rings is 1. The fraction of sp³-hybridized carbons (Fsp3) is 0.467. The minimum absolute atomic E-state index is 0.133. The van der Waals surface area contributed by atoms with Gasteiger partial charge in [-0.15, -0.1) is 0 Å². The molecule has 1 aromatic rings. The number of aliphatic hydroxyl groups excluding tert-OH is 1. The van der Waals surface area contributed by atoms with Crippen molar-refractivity contribution in [1.29, 1.82) is 5.26 Å². The van der Waals surface area contributed by atoms with Gasteiger partial charge in [0.1, 0.15) is 0 Å². The molecule has 20 heavy (non-hydrogen) atoms. The van der Waals surface area contributed by atoms with Crippen LogP contribution in [0.2, 0.25) is 0 Å². The summed E-state index contributed by atoms with van der Waals surface area (Å²) in [5.41, 5.74) is 0.498. The zero-order valence-corrected chi connectivity index (χ0v) is 12.0. The van der Waals surface area contributed by atoms with Gasteiger partial charge in [-0.2, -0.15) is 5.26 Å². The normalized spacial score (nSPS) is 12.6. The summed E-state index contributed by atoms with van der Waals surface area (Å²) in [5, 5.41) is 21.1. The molecule has 0 aliphatic heterocycles. The Kier molecular flexibility index (Phi) is 5.68. The molecule has 1 unspecified atom stereocenters. The number of aliphatic hydroxyl groups is 1. The van der Waals surface area contributed by atoms with Crippen LogP contribution in [0.25, 0.3) is 0 Å². The van der Waals surface area contributed by atoms with Crippen LogP contribution in [-0.2, 0) is 14.9 Å². The molecule has 1 amide bonds. The Morgan fingerprint density at radius 1 is 1.55 bits per heavy atom. The molecule has 0 aliphatic carbocycles. The quantitative estimate of drug-likeness (QED) is 0.810. The van der Waals surface area contributed by atoms with Crippen LogP contribution < -0.4 is 5.32 Å². The van der Waals surface area contributed by atoms with E-state index in [0.717, 1.165) is 5.56 Å². The summed E-state index contributed by atoms with van der Waals surface area (Å²) in [6, 6.07) is 9.02. The van der Waals surface area contributed by atoms with Gasteiger partial charge in [0.2, 0.25) is 5.91 Å². The minimum atomic E-state index is -0.778. The summed E-state index contributed by atoms with van der Waals surface area (Å²) >= 11 is 0. The SMILES string of the molecule is COCC(O)CNC(=O)C(C)(C)c1cccc(C#N)c1. The maximum Gasteiger partial charge on any atom is 0.230 e. The van der Waals surface area contributed by atoms with Crippen molar-refractivity contribution < 1.29 is 14.6 Å². The molecule has 0 aliphatic rings. The van der Waals surface area contributed by atoms with E-state index in [9.17, 15) is 9.90 Å². The Morgan fingerprint density at radius 3 is 2.85 bits per heavy atom. The fourth-order valence-electron chi connectivity index (χ4n) is 1.79. The van der Waals surface area contributed by atoms with Crippen LogP contribution in [0.15, 0.2) is 24.3 Å². The molecule has 0 heterocycles. The lowest BCUT2D eigenvalue weighted by Crippen LogP contribution is -2.44. The van der Waals surface area contributed by atoms with Gasteiger partial charge in [0, 0.05) is 13.7 Å². The average Bonchev–Trinajstić information content (AvgIpc) is 2.45. The number of amides is 1. The maximum atomic E-state index is 12.2. The van der Waals surface area contributed by atoms with Crippen molar-refractivity contribution in [3.63, 3.8) is 0 Å². The molecule has 0 radical (unpaired) electrons. The third kappa shape index (κ3) is 4.05. The zero-order chi connectivity index (χ0) is 15.2. The molecule has 0 saturated heterocycles. The predicted molar refractivity (Wildman–Crippen MR) is 75.1 cm³/mol. The Balaban J connectivity index is 2.76. The number of methoxy groups -OCH3 is 1. The highest BCUT2D eigenvalue weighted by Crippen LogP contribution is 2.24. The molecule has 0 aromatic heterocycles. The zero-order valence-electron chi connectivity index (χ0n) is 12.0. The molecule has 0 saturated carbocycles. The smallest absolute Gasteiger partial charge is 0.230 e. The summed E-state index contributed by atoms with van der Waals surface area (Å²) in [4.78, 5) is 12.2. The van der Waals surface area contributed by atoms with Gasteiger partial charge in [0.15, 0.2) is 0 Å². The van der Waals surface area contributed by atoms with Crippen molar-refractivity contribution in [2.24, 2.45) is 0 Å². The second-order valence-corrected chi connectivity index (χ2v) is 5.14. The topological polar surface area (TPSA) is 82.3 Å². The molecule has 1 rings (SSSR count). The number of carbonyl (C=O) groups excluding carboxylic acids is 1. The number of hydrogen-bond acceptors (Lipinski definition) is 4. The summed E-state index contributed by atoms with van der Waals surface area (Å²) in [7, 11) is 1.49. The summed E-state index contributed by atoms with van der Waals surface area (Å²) < 4.78 is 4.80. The second kappa shape index (κ2) is 7.04. The number of carbonyl (C=O) groups is 1. The van der Waals surface area contributed by atoms with Crippen molar-refractivity contribution in [2.75, 3.05) is 20.3 Å². The first-order valence-corrected chi connectivity index (χ1v) is 6.37. The van der Waals surface area contributed by atoms with Crippen LogP contribution in [0.1, 0.15) is 25.0 Å². The van der Waals surface area contributed by atoms with E-state index in [0.29, 0.717) is 5.56 Å². The van der Waals surface area contributed by atoms with Crippen molar-refractivity contribution in [2.45, 2.75) is 25.4 Å². The standard InChI is InChI=1S/C15H20N2O3/c1-15(2,12-6-4-5-11(7-12)8-16)14(19)17-9-13(18)10-20-3/h4-7,13,18H,9-10H2,1-3H3,(H,17,19). The first-order valence-electron chi connectivity index (χ1n) is 6.37. The Labute approximate surface area is 119 Å². The van der Waals surface area contributed by atoms with Gasteiger partial charge in [-0.1, -0.05) is 12.1 Å². The molecule has 0 spiro atoms. The van der Waals surface area contributed by atoms with Gasteiger partial charge in [0.05, 0.1) is 29.8 Å². The van der Waals surface area contributed by atoms with E-state index in [4.69, 9.17) is 10.00 Å². The summed E-state index contributed by atoms with van der Waals surface area (Å²) in [6.07, 6.45) is -0.731. The van der Waals surface area contributed by atoms with Gasteiger partial charge in [-0.3, -0.25) is 4.79 Å². The van der Waals surface area contributed by atoms with E-state index >= 15 is 0 Å². The first kappa shape index (κ1) is 16.2. The molecule has 5 heteroatoms.